The van der Waals surface area contributed by atoms with Crippen molar-refractivity contribution in [2.75, 3.05) is 13.7 Å². The quantitative estimate of drug-likeness (QED) is 0.355. The average Bonchev–Trinajstić information content (AvgIpc) is 2.49. The first-order chi connectivity index (χ1) is 9.29. The van der Waals surface area contributed by atoms with E-state index in [1.165, 1.54) is 6.42 Å². The maximum atomic E-state index is 11.8. The minimum atomic E-state index is 0.146. The zero-order chi connectivity index (χ0) is 13.5. The summed E-state index contributed by atoms with van der Waals surface area (Å²) in [4.78, 5) is 0. The minimum Gasteiger partial charge on any atom is -0.624 e. The number of ether oxygens (including phenoxy) is 2. The van der Waals surface area contributed by atoms with E-state index in [2.05, 4.69) is 0 Å². The Bertz CT molecular complexity index is 408. The van der Waals surface area contributed by atoms with Crippen molar-refractivity contribution in [2.24, 2.45) is 0 Å². The second kappa shape index (κ2) is 7.02. The molecule has 1 aromatic carbocycles. The van der Waals surface area contributed by atoms with Crippen molar-refractivity contribution < 1.29 is 14.2 Å². The molecule has 4 heteroatoms. The highest BCUT2D eigenvalue weighted by Gasteiger charge is 2.19. The smallest absolute Gasteiger partial charge is 0.188 e. The molecule has 1 aliphatic carbocycles. The van der Waals surface area contributed by atoms with Crippen molar-refractivity contribution in [3.8, 4) is 11.5 Å². The van der Waals surface area contributed by atoms with Gasteiger partial charge in [0.15, 0.2) is 18.9 Å². The molecule has 0 atom stereocenters. The molecule has 1 saturated carbocycles. The predicted octanol–water partition coefficient (Wildman–Crippen LogP) is 2.99. The van der Waals surface area contributed by atoms with Crippen LogP contribution in [0.4, 0.5) is 0 Å². The Hall–Kier alpha value is -1.71. The second-order valence-corrected chi connectivity index (χ2v) is 4.82. The van der Waals surface area contributed by atoms with E-state index in [-0.39, 0.29) is 6.04 Å². The van der Waals surface area contributed by atoms with Crippen molar-refractivity contribution in [2.45, 2.75) is 38.1 Å². The first-order valence-corrected chi connectivity index (χ1v) is 6.85. The number of hydrogen-bond donors (Lipinski definition) is 0. The van der Waals surface area contributed by atoms with Crippen LogP contribution >= 0.6 is 0 Å². The van der Waals surface area contributed by atoms with Crippen molar-refractivity contribution in [1.82, 2.24) is 0 Å². The molecule has 0 saturated heterocycles. The first kappa shape index (κ1) is 13.7. The van der Waals surface area contributed by atoms with Gasteiger partial charge in [-0.3, -0.25) is 0 Å². The fourth-order valence-electron chi connectivity index (χ4n) is 2.36. The number of methoxy groups -OCH3 is 1. The molecular weight excluding hydrogens is 242 g/mol. The lowest BCUT2D eigenvalue weighted by Gasteiger charge is -2.20. The van der Waals surface area contributed by atoms with Gasteiger partial charge in [0.05, 0.1) is 7.11 Å². The molecule has 0 aliphatic heterocycles. The number of hydroxylamine groups is 1. The summed E-state index contributed by atoms with van der Waals surface area (Å²) in [7, 11) is 1.63. The summed E-state index contributed by atoms with van der Waals surface area (Å²) in [6, 6.07) is 7.50. The van der Waals surface area contributed by atoms with Crippen LogP contribution < -0.4 is 9.47 Å². The summed E-state index contributed by atoms with van der Waals surface area (Å²) < 4.78 is 11.7. The number of nitrogens with zero attached hydrogens (tertiary/aromatic N) is 1. The Morgan fingerprint density at radius 3 is 2.42 bits per heavy atom. The van der Waals surface area contributed by atoms with Gasteiger partial charge in [0.1, 0.15) is 11.5 Å². The first-order valence-electron chi connectivity index (χ1n) is 6.85. The largest absolute Gasteiger partial charge is 0.624 e. The van der Waals surface area contributed by atoms with E-state index >= 15 is 0 Å². The molecule has 0 radical (unpaired) electrons. The van der Waals surface area contributed by atoms with Gasteiger partial charge >= 0.3 is 0 Å². The molecule has 0 N–H and O–H groups in total. The molecule has 2 rings (SSSR count). The molecule has 4 nitrogen and oxygen atoms in total. The molecule has 0 amide bonds. The number of rotatable bonds is 5. The van der Waals surface area contributed by atoms with Gasteiger partial charge in [0.2, 0.25) is 0 Å². The second-order valence-electron chi connectivity index (χ2n) is 4.82. The van der Waals surface area contributed by atoms with Gasteiger partial charge in [-0.2, -0.15) is 0 Å². The zero-order valence-corrected chi connectivity index (χ0v) is 11.4. The molecule has 1 aliphatic rings. The highest BCUT2D eigenvalue weighted by molar-refractivity contribution is 5.53. The van der Waals surface area contributed by atoms with Gasteiger partial charge in [0, 0.05) is 12.8 Å². The maximum absolute atomic E-state index is 11.8. The van der Waals surface area contributed by atoms with E-state index < -0.39 is 0 Å². The van der Waals surface area contributed by atoms with Crippen molar-refractivity contribution >= 4 is 6.21 Å². The molecule has 1 fully saturated rings. The molecule has 0 bridgehead atoms. The third kappa shape index (κ3) is 4.16. The van der Waals surface area contributed by atoms with E-state index in [0.717, 1.165) is 41.9 Å². The molecule has 1 aromatic rings. The summed E-state index contributed by atoms with van der Waals surface area (Å²) in [5, 5.41) is 11.8. The van der Waals surface area contributed by atoms with Gasteiger partial charge in [-0.25, -0.2) is 4.74 Å². The Morgan fingerprint density at radius 1 is 1.16 bits per heavy atom. The van der Waals surface area contributed by atoms with E-state index in [9.17, 15) is 5.21 Å². The summed E-state index contributed by atoms with van der Waals surface area (Å²) in [6.07, 6.45) is 7.19. The molecule has 0 aromatic heterocycles. The summed E-state index contributed by atoms with van der Waals surface area (Å²) in [5.41, 5.74) is 0. The SMILES string of the molecule is COc1ccc(OCC=[N+]([O-])C2CCCCC2)cc1. The molecule has 0 unspecified atom stereocenters. The standard InChI is InChI=1S/C15H21NO3/c1-18-14-7-9-15(10-8-14)19-12-11-16(17)13-5-3-2-4-6-13/h7-11,13H,2-6,12H2,1H3. The van der Waals surface area contributed by atoms with Crippen LogP contribution in [0.25, 0.3) is 0 Å². The van der Waals surface area contributed by atoms with E-state index in [4.69, 9.17) is 9.47 Å². The minimum absolute atomic E-state index is 0.146. The number of hydrogen-bond acceptors (Lipinski definition) is 3. The highest BCUT2D eigenvalue weighted by atomic mass is 16.5. The van der Waals surface area contributed by atoms with Crippen LogP contribution in [0.3, 0.4) is 0 Å². The third-order valence-corrected chi connectivity index (χ3v) is 3.50. The van der Waals surface area contributed by atoms with Gasteiger partial charge in [0.25, 0.3) is 0 Å². The Kier molecular flexibility index (Phi) is 5.07. The van der Waals surface area contributed by atoms with E-state index in [0.29, 0.717) is 6.61 Å². The van der Waals surface area contributed by atoms with Gasteiger partial charge in [-0.05, 0) is 37.1 Å². The molecular formula is C15H21NO3. The van der Waals surface area contributed by atoms with Crippen molar-refractivity contribution in [3.05, 3.63) is 29.5 Å². The zero-order valence-electron chi connectivity index (χ0n) is 11.4. The predicted molar refractivity (Wildman–Crippen MR) is 75.1 cm³/mol. The van der Waals surface area contributed by atoms with Crippen molar-refractivity contribution in [1.29, 1.82) is 0 Å². The van der Waals surface area contributed by atoms with Crippen molar-refractivity contribution in [3.63, 3.8) is 0 Å². The summed E-state index contributed by atoms with van der Waals surface area (Å²) in [6.45, 7) is 0.312. The van der Waals surface area contributed by atoms with Crippen LogP contribution in [-0.4, -0.2) is 30.7 Å². The van der Waals surface area contributed by atoms with E-state index in [1.807, 2.05) is 24.3 Å². The fraction of sp³-hybridized carbons (Fsp3) is 0.533. The lowest BCUT2D eigenvalue weighted by atomic mass is 9.96. The van der Waals surface area contributed by atoms with Gasteiger partial charge in [-0.1, -0.05) is 6.42 Å². The molecule has 0 spiro atoms. The van der Waals surface area contributed by atoms with Crippen LogP contribution in [0.2, 0.25) is 0 Å². The fourth-order valence-corrected chi connectivity index (χ4v) is 2.36. The average molecular weight is 263 g/mol. The Balaban J connectivity index is 1.80. The van der Waals surface area contributed by atoms with Crippen LogP contribution in [0.15, 0.2) is 24.3 Å². The Morgan fingerprint density at radius 2 is 1.79 bits per heavy atom. The topological polar surface area (TPSA) is 44.5 Å². The van der Waals surface area contributed by atoms with Crippen LogP contribution in [-0.2, 0) is 0 Å². The highest BCUT2D eigenvalue weighted by Crippen LogP contribution is 2.19. The maximum Gasteiger partial charge on any atom is 0.188 e. The third-order valence-electron chi connectivity index (χ3n) is 3.50. The van der Waals surface area contributed by atoms with Crippen LogP contribution in [0.5, 0.6) is 11.5 Å². The van der Waals surface area contributed by atoms with Gasteiger partial charge in [-0.15, -0.1) is 0 Å². The monoisotopic (exact) mass is 263 g/mol. The van der Waals surface area contributed by atoms with Crippen LogP contribution in [0.1, 0.15) is 32.1 Å². The summed E-state index contributed by atoms with van der Waals surface area (Å²) in [5.74, 6) is 1.54. The molecule has 0 heterocycles. The van der Waals surface area contributed by atoms with E-state index in [1.54, 1.807) is 13.3 Å². The molecule has 104 valence electrons. The van der Waals surface area contributed by atoms with Gasteiger partial charge < -0.3 is 14.7 Å². The van der Waals surface area contributed by atoms with Crippen LogP contribution in [0, 0.1) is 5.21 Å². The normalized spacial score (nSPS) is 17.2. The Labute approximate surface area is 114 Å². The molecule has 19 heavy (non-hydrogen) atoms. The summed E-state index contributed by atoms with van der Waals surface area (Å²) >= 11 is 0. The lowest BCUT2D eigenvalue weighted by molar-refractivity contribution is -0.502. The lowest BCUT2D eigenvalue weighted by Crippen LogP contribution is -2.26. The number of benzene rings is 1.